The molecule has 0 radical (unpaired) electrons. The lowest BCUT2D eigenvalue weighted by molar-refractivity contribution is -0.385. The van der Waals surface area contributed by atoms with Crippen molar-refractivity contribution in [1.29, 1.82) is 0 Å². The Kier molecular flexibility index (Phi) is 6.80. The number of nitro benzene ring substituents is 1. The fourth-order valence-electron chi connectivity index (χ4n) is 1.77. The van der Waals surface area contributed by atoms with Crippen molar-refractivity contribution in [2.75, 3.05) is 7.05 Å². The molecule has 124 valence electrons. The second kappa shape index (κ2) is 8.35. The molecule has 7 nitrogen and oxygen atoms in total. The van der Waals surface area contributed by atoms with E-state index >= 15 is 0 Å². The van der Waals surface area contributed by atoms with Crippen molar-refractivity contribution in [3.05, 3.63) is 51.4 Å². The molecular formula is C14H16ClFN4O3. The van der Waals surface area contributed by atoms with Crippen LogP contribution in [0.1, 0.15) is 24.2 Å². The van der Waals surface area contributed by atoms with E-state index in [1.54, 1.807) is 0 Å². The highest BCUT2D eigenvalue weighted by Gasteiger charge is 2.13. The van der Waals surface area contributed by atoms with Crippen molar-refractivity contribution in [3.8, 4) is 0 Å². The molecular weight excluding hydrogens is 327 g/mol. The third-order valence-corrected chi connectivity index (χ3v) is 3.06. The Bertz CT molecular complexity index is 705. The summed E-state index contributed by atoms with van der Waals surface area (Å²) < 4.78 is 18.1. The summed E-state index contributed by atoms with van der Waals surface area (Å²) in [6.45, 7) is 1.98. The Labute approximate surface area is 138 Å². The average Bonchev–Trinajstić information content (AvgIpc) is 2.93. The van der Waals surface area contributed by atoms with Gasteiger partial charge in [-0.1, -0.05) is 5.16 Å². The Balaban J connectivity index is 0.00000264. The SMILES string of the molecule is CNC(C)Cc1noc(/C=C/c2ccc(F)cc2[N+](=O)[O-])n1.Cl. The molecule has 0 fully saturated rings. The minimum atomic E-state index is -0.662. The number of nitrogens with zero attached hydrogens (tertiary/aromatic N) is 3. The van der Waals surface area contributed by atoms with Gasteiger partial charge < -0.3 is 9.84 Å². The van der Waals surface area contributed by atoms with Crippen molar-refractivity contribution < 1.29 is 13.8 Å². The molecule has 0 bridgehead atoms. The Morgan fingerprint density at radius 3 is 2.87 bits per heavy atom. The Morgan fingerprint density at radius 1 is 1.48 bits per heavy atom. The summed E-state index contributed by atoms with van der Waals surface area (Å²) in [5.74, 6) is 0.108. The first-order valence-electron chi connectivity index (χ1n) is 6.61. The van der Waals surface area contributed by atoms with E-state index < -0.39 is 10.7 Å². The molecule has 0 spiro atoms. The van der Waals surface area contributed by atoms with E-state index in [1.807, 2.05) is 14.0 Å². The maximum atomic E-state index is 13.1. The van der Waals surface area contributed by atoms with E-state index in [1.165, 1.54) is 18.2 Å². The van der Waals surface area contributed by atoms with E-state index in [0.717, 1.165) is 12.1 Å². The Hall–Kier alpha value is -2.32. The summed E-state index contributed by atoms with van der Waals surface area (Å²) >= 11 is 0. The number of benzene rings is 1. The minimum absolute atomic E-state index is 0. The third-order valence-electron chi connectivity index (χ3n) is 3.06. The normalized spacial score (nSPS) is 12.1. The molecule has 0 saturated carbocycles. The number of halogens is 2. The number of hydrogen-bond donors (Lipinski definition) is 1. The van der Waals surface area contributed by atoms with E-state index in [2.05, 4.69) is 15.5 Å². The van der Waals surface area contributed by atoms with Gasteiger partial charge in [0.05, 0.1) is 16.6 Å². The van der Waals surface area contributed by atoms with Crippen LogP contribution in [0.4, 0.5) is 10.1 Å². The van der Waals surface area contributed by atoms with Crippen LogP contribution in [0, 0.1) is 15.9 Å². The van der Waals surface area contributed by atoms with Crippen molar-refractivity contribution in [3.63, 3.8) is 0 Å². The monoisotopic (exact) mass is 342 g/mol. The van der Waals surface area contributed by atoms with E-state index in [9.17, 15) is 14.5 Å². The van der Waals surface area contributed by atoms with Crippen molar-refractivity contribution in [2.24, 2.45) is 0 Å². The predicted molar refractivity (Wildman–Crippen MR) is 85.8 cm³/mol. The molecule has 9 heteroatoms. The minimum Gasteiger partial charge on any atom is -0.335 e. The maximum Gasteiger partial charge on any atom is 0.279 e. The number of nitrogens with one attached hydrogen (secondary N) is 1. The standard InChI is InChI=1S/C14H15FN4O3.ClH/c1-9(16-2)7-13-17-14(22-18-13)6-4-10-3-5-11(15)8-12(10)19(20)21;/h3-6,8-9,16H,7H2,1-2H3;1H/b6-4+;. The van der Waals surface area contributed by atoms with Crippen LogP contribution in [0.15, 0.2) is 22.7 Å². The number of nitro groups is 1. The highest BCUT2D eigenvalue weighted by molar-refractivity contribution is 5.85. The first-order valence-corrected chi connectivity index (χ1v) is 6.61. The van der Waals surface area contributed by atoms with Crippen LogP contribution in [-0.4, -0.2) is 28.2 Å². The molecule has 1 N–H and O–H groups in total. The zero-order valence-corrected chi connectivity index (χ0v) is 13.3. The van der Waals surface area contributed by atoms with Crippen LogP contribution in [0.25, 0.3) is 12.2 Å². The summed E-state index contributed by atoms with van der Waals surface area (Å²) in [6.07, 6.45) is 3.50. The quantitative estimate of drug-likeness (QED) is 0.640. The molecule has 2 rings (SSSR count). The Morgan fingerprint density at radius 2 is 2.22 bits per heavy atom. The zero-order chi connectivity index (χ0) is 16.1. The molecule has 0 amide bonds. The maximum absolute atomic E-state index is 13.1. The summed E-state index contributed by atoms with van der Waals surface area (Å²) in [4.78, 5) is 14.4. The predicted octanol–water partition coefficient (Wildman–Crippen LogP) is 2.86. The molecule has 23 heavy (non-hydrogen) atoms. The molecule has 1 aromatic carbocycles. The van der Waals surface area contributed by atoms with E-state index in [4.69, 9.17) is 4.52 Å². The highest BCUT2D eigenvalue weighted by Crippen LogP contribution is 2.21. The zero-order valence-electron chi connectivity index (χ0n) is 12.5. The van der Waals surface area contributed by atoms with Gasteiger partial charge in [-0.2, -0.15) is 4.98 Å². The second-order valence-electron chi connectivity index (χ2n) is 4.74. The van der Waals surface area contributed by atoms with Gasteiger partial charge in [-0.15, -0.1) is 12.4 Å². The average molecular weight is 343 g/mol. The van der Waals surface area contributed by atoms with Crippen molar-refractivity contribution >= 4 is 30.2 Å². The number of likely N-dealkylation sites (N-methyl/N-ethyl adjacent to an activating group) is 1. The van der Waals surface area contributed by atoms with Gasteiger partial charge in [0.15, 0.2) is 5.82 Å². The molecule has 1 heterocycles. The van der Waals surface area contributed by atoms with Crippen LogP contribution < -0.4 is 5.32 Å². The number of rotatable bonds is 6. The summed E-state index contributed by atoms with van der Waals surface area (Å²) in [5, 5.41) is 17.8. The lowest BCUT2D eigenvalue weighted by Gasteiger charge is -2.04. The van der Waals surface area contributed by atoms with Gasteiger partial charge in [0.25, 0.3) is 11.6 Å². The highest BCUT2D eigenvalue weighted by atomic mass is 35.5. The molecule has 0 aliphatic carbocycles. The number of hydrogen-bond acceptors (Lipinski definition) is 6. The van der Waals surface area contributed by atoms with Crippen molar-refractivity contribution in [2.45, 2.75) is 19.4 Å². The molecule has 0 saturated heterocycles. The molecule has 1 aromatic heterocycles. The van der Waals surface area contributed by atoms with Gasteiger partial charge in [-0.3, -0.25) is 10.1 Å². The molecule has 2 aromatic rings. The van der Waals surface area contributed by atoms with Gasteiger partial charge in [0.1, 0.15) is 5.82 Å². The van der Waals surface area contributed by atoms with Crippen LogP contribution >= 0.6 is 12.4 Å². The van der Waals surface area contributed by atoms with Crippen molar-refractivity contribution in [1.82, 2.24) is 15.5 Å². The molecule has 0 aliphatic rings. The van der Waals surface area contributed by atoms with Gasteiger partial charge in [-0.05, 0) is 32.2 Å². The second-order valence-corrected chi connectivity index (χ2v) is 4.74. The van der Waals surface area contributed by atoms with Crippen LogP contribution in [0.2, 0.25) is 0 Å². The molecule has 0 aliphatic heterocycles. The van der Waals surface area contributed by atoms with Gasteiger partial charge in [0.2, 0.25) is 0 Å². The lowest BCUT2D eigenvalue weighted by atomic mass is 10.1. The van der Waals surface area contributed by atoms with Gasteiger partial charge in [0, 0.05) is 18.5 Å². The summed E-state index contributed by atoms with van der Waals surface area (Å²) in [7, 11) is 1.83. The van der Waals surface area contributed by atoms with E-state index in [0.29, 0.717) is 12.2 Å². The molecule has 1 unspecified atom stereocenters. The molecule has 1 atom stereocenters. The number of aromatic nitrogens is 2. The van der Waals surface area contributed by atoms with Gasteiger partial charge >= 0.3 is 0 Å². The fraction of sp³-hybridized carbons (Fsp3) is 0.286. The summed E-state index contributed by atoms with van der Waals surface area (Å²) in [5.41, 5.74) is -0.0606. The summed E-state index contributed by atoms with van der Waals surface area (Å²) in [6, 6.07) is 3.55. The van der Waals surface area contributed by atoms with Crippen LogP contribution in [0.3, 0.4) is 0 Å². The first-order chi connectivity index (χ1) is 10.5. The largest absolute Gasteiger partial charge is 0.335 e. The smallest absolute Gasteiger partial charge is 0.279 e. The fourth-order valence-corrected chi connectivity index (χ4v) is 1.77. The lowest BCUT2D eigenvalue weighted by Crippen LogP contribution is -2.24. The topological polar surface area (TPSA) is 94.1 Å². The van der Waals surface area contributed by atoms with E-state index in [-0.39, 0.29) is 35.6 Å². The first kappa shape index (κ1) is 18.7. The third kappa shape index (κ3) is 5.11. The van der Waals surface area contributed by atoms with Crippen LogP contribution in [-0.2, 0) is 6.42 Å². The van der Waals surface area contributed by atoms with Crippen LogP contribution in [0.5, 0.6) is 0 Å². The van der Waals surface area contributed by atoms with Gasteiger partial charge in [-0.25, -0.2) is 4.39 Å².